The fourth-order valence-electron chi connectivity index (χ4n) is 2.83. The van der Waals surface area contributed by atoms with Gasteiger partial charge in [-0.3, -0.25) is 9.20 Å². The van der Waals surface area contributed by atoms with Crippen LogP contribution in [-0.2, 0) is 6.42 Å². The molecular formula is C18H16F2N2O. The van der Waals surface area contributed by atoms with Crippen LogP contribution in [0.15, 0.2) is 47.4 Å². The third-order valence-corrected chi connectivity index (χ3v) is 3.76. The molecule has 2 heterocycles. The van der Waals surface area contributed by atoms with Crippen LogP contribution in [-0.4, -0.2) is 10.9 Å². The van der Waals surface area contributed by atoms with Crippen molar-refractivity contribution in [1.82, 2.24) is 4.40 Å². The van der Waals surface area contributed by atoms with E-state index in [-0.39, 0.29) is 5.56 Å². The second kappa shape index (κ2) is 5.93. The molecule has 3 nitrogen and oxygen atoms in total. The first kappa shape index (κ1) is 15.4. The zero-order valence-electron chi connectivity index (χ0n) is 12.6. The van der Waals surface area contributed by atoms with Gasteiger partial charge in [0.15, 0.2) is 0 Å². The van der Waals surface area contributed by atoms with Gasteiger partial charge in [-0.05, 0) is 66.9 Å². The minimum atomic E-state index is -0.507. The summed E-state index contributed by atoms with van der Waals surface area (Å²) in [6.07, 6.45) is 1.62. The number of rotatable bonds is 3. The molecule has 0 fully saturated rings. The Morgan fingerprint density at radius 2 is 1.87 bits per heavy atom. The lowest BCUT2D eigenvalue weighted by atomic mass is 9.97. The monoisotopic (exact) mass is 314 g/mol. The molecule has 3 rings (SSSR count). The van der Waals surface area contributed by atoms with Crippen molar-refractivity contribution >= 4 is 5.52 Å². The summed E-state index contributed by atoms with van der Waals surface area (Å²) >= 11 is 0. The molecule has 23 heavy (non-hydrogen) atoms. The second-order valence-electron chi connectivity index (χ2n) is 5.55. The molecule has 3 aromatic rings. The van der Waals surface area contributed by atoms with E-state index in [9.17, 15) is 13.6 Å². The third kappa shape index (κ3) is 2.87. The summed E-state index contributed by atoms with van der Waals surface area (Å²) in [7, 11) is 0. The molecular weight excluding hydrogens is 298 g/mol. The second-order valence-corrected chi connectivity index (χ2v) is 5.55. The fourth-order valence-corrected chi connectivity index (χ4v) is 2.83. The number of halogens is 2. The zero-order chi connectivity index (χ0) is 16.6. The predicted octanol–water partition coefficient (Wildman–Crippen LogP) is 3.05. The Hall–Kier alpha value is -2.53. The van der Waals surface area contributed by atoms with Crippen LogP contribution >= 0.6 is 0 Å². The van der Waals surface area contributed by atoms with Crippen molar-refractivity contribution < 1.29 is 8.78 Å². The van der Waals surface area contributed by atoms with Gasteiger partial charge < -0.3 is 5.73 Å². The molecule has 0 atom stereocenters. The van der Waals surface area contributed by atoms with Crippen molar-refractivity contribution in [2.45, 2.75) is 13.3 Å². The molecule has 0 aliphatic carbocycles. The van der Waals surface area contributed by atoms with E-state index < -0.39 is 11.6 Å². The van der Waals surface area contributed by atoms with Gasteiger partial charge in [-0.1, -0.05) is 6.07 Å². The fraction of sp³-hybridized carbons (Fsp3) is 0.167. The summed E-state index contributed by atoms with van der Waals surface area (Å²) in [6.45, 7) is 2.12. The molecule has 0 aliphatic rings. The zero-order valence-corrected chi connectivity index (χ0v) is 12.6. The first-order valence-corrected chi connectivity index (χ1v) is 7.31. The molecule has 118 valence electrons. The summed E-state index contributed by atoms with van der Waals surface area (Å²) in [5.74, 6) is -0.921. The van der Waals surface area contributed by atoms with E-state index in [0.717, 1.165) is 11.8 Å². The van der Waals surface area contributed by atoms with Crippen LogP contribution in [0.3, 0.4) is 0 Å². The Labute approximate surface area is 132 Å². The van der Waals surface area contributed by atoms with Crippen molar-refractivity contribution in [2.24, 2.45) is 5.73 Å². The van der Waals surface area contributed by atoms with Gasteiger partial charge in [0.1, 0.15) is 11.6 Å². The predicted molar refractivity (Wildman–Crippen MR) is 86.5 cm³/mol. The normalized spacial score (nSPS) is 11.1. The number of benzene rings is 1. The van der Waals surface area contributed by atoms with Gasteiger partial charge in [0, 0.05) is 11.7 Å². The topological polar surface area (TPSA) is 47.5 Å². The average Bonchev–Trinajstić information content (AvgIpc) is 2.47. The Morgan fingerprint density at radius 3 is 2.57 bits per heavy atom. The van der Waals surface area contributed by atoms with E-state index >= 15 is 0 Å². The molecule has 0 saturated carbocycles. The molecule has 0 amide bonds. The largest absolute Gasteiger partial charge is 0.330 e. The number of fused-ring (bicyclic) bond motifs is 1. The average molecular weight is 314 g/mol. The number of hydrogen-bond donors (Lipinski definition) is 1. The number of nitrogens with two attached hydrogens (primary N) is 1. The van der Waals surface area contributed by atoms with E-state index in [1.165, 1.54) is 28.7 Å². The van der Waals surface area contributed by atoms with Crippen molar-refractivity contribution in [3.05, 3.63) is 75.7 Å². The van der Waals surface area contributed by atoms with Crippen LogP contribution < -0.4 is 11.3 Å². The molecule has 0 unspecified atom stereocenters. The van der Waals surface area contributed by atoms with Crippen LogP contribution in [0.5, 0.6) is 0 Å². The van der Waals surface area contributed by atoms with E-state index in [0.29, 0.717) is 35.2 Å². The Kier molecular flexibility index (Phi) is 3.96. The Balaban J connectivity index is 2.39. The van der Waals surface area contributed by atoms with Gasteiger partial charge in [0.25, 0.3) is 5.56 Å². The van der Waals surface area contributed by atoms with Gasteiger partial charge in [-0.15, -0.1) is 0 Å². The van der Waals surface area contributed by atoms with Crippen molar-refractivity contribution in [2.75, 3.05) is 6.54 Å². The van der Waals surface area contributed by atoms with E-state index in [1.54, 1.807) is 19.1 Å². The van der Waals surface area contributed by atoms with E-state index in [2.05, 4.69) is 0 Å². The Morgan fingerprint density at radius 1 is 1.09 bits per heavy atom. The molecule has 0 aliphatic heterocycles. The first-order valence-electron chi connectivity index (χ1n) is 7.31. The molecule has 2 aromatic heterocycles. The highest BCUT2D eigenvalue weighted by Gasteiger charge is 2.14. The van der Waals surface area contributed by atoms with Gasteiger partial charge in [-0.2, -0.15) is 0 Å². The maximum Gasteiger partial charge on any atom is 0.263 e. The van der Waals surface area contributed by atoms with Crippen LogP contribution in [0.1, 0.15) is 11.1 Å². The molecule has 1 aromatic carbocycles. The molecule has 0 spiro atoms. The van der Waals surface area contributed by atoms with Crippen LogP contribution in [0.2, 0.25) is 0 Å². The highest BCUT2D eigenvalue weighted by Crippen LogP contribution is 2.24. The third-order valence-electron chi connectivity index (χ3n) is 3.76. The lowest BCUT2D eigenvalue weighted by molar-refractivity contribution is 0.618. The molecule has 0 radical (unpaired) electrons. The number of pyridine rings is 2. The Bertz CT molecular complexity index is 927. The summed E-state index contributed by atoms with van der Waals surface area (Å²) in [5.41, 5.74) is 8.13. The first-order chi connectivity index (χ1) is 11.0. The van der Waals surface area contributed by atoms with Gasteiger partial charge >= 0.3 is 0 Å². The molecule has 5 heteroatoms. The molecule has 0 saturated heterocycles. The standard InChI is InChI=1S/C18H16F2N2O/c1-11-6-13(8-15(20)7-11)17-12(4-5-21)9-16-3-2-14(19)10-22(16)18(17)23/h2-3,6-10H,4-5,21H2,1H3. The summed E-state index contributed by atoms with van der Waals surface area (Å²) in [6, 6.07) is 9.08. The SMILES string of the molecule is Cc1cc(F)cc(-c2c(CCN)cc3ccc(F)cn3c2=O)c1. The number of nitrogens with zero attached hydrogens (tertiary/aromatic N) is 1. The lowest BCUT2D eigenvalue weighted by Crippen LogP contribution is -2.19. The van der Waals surface area contributed by atoms with Gasteiger partial charge in [-0.25, -0.2) is 8.78 Å². The highest BCUT2D eigenvalue weighted by molar-refractivity contribution is 5.70. The van der Waals surface area contributed by atoms with Gasteiger partial charge in [0.2, 0.25) is 0 Å². The van der Waals surface area contributed by atoms with Gasteiger partial charge in [0.05, 0.1) is 5.56 Å². The van der Waals surface area contributed by atoms with E-state index in [1.807, 2.05) is 0 Å². The summed E-state index contributed by atoms with van der Waals surface area (Å²) in [4.78, 5) is 12.8. The minimum absolute atomic E-state index is 0.359. The molecule has 0 bridgehead atoms. The van der Waals surface area contributed by atoms with Crippen LogP contribution in [0.25, 0.3) is 16.6 Å². The maximum atomic E-state index is 13.7. The summed E-state index contributed by atoms with van der Waals surface area (Å²) in [5, 5.41) is 0. The highest BCUT2D eigenvalue weighted by atomic mass is 19.1. The van der Waals surface area contributed by atoms with E-state index in [4.69, 9.17) is 5.73 Å². The summed E-state index contributed by atoms with van der Waals surface area (Å²) < 4.78 is 28.5. The minimum Gasteiger partial charge on any atom is -0.330 e. The maximum absolute atomic E-state index is 13.7. The lowest BCUT2D eigenvalue weighted by Gasteiger charge is -2.12. The van der Waals surface area contributed by atoms with Crippen molar-refractivity contribution in [1.29, 1.82) is 0 Å². The number of aryl methyl sites for hydroxylation is 1. The number of hydrogen-bond acceptors (Lipinski definition) is 2. The van der Waals surface area contributed by atoms with Crippen LogP contribution in [0, 0.1) is 18.6 Å². The van der Waals surface area contributed by atoms with Crippen molar-refractivity contribution in [3.8, 4) is 11.1 Å². The molecule has 2 N–H and O–H groups in total. The smallest absolute Gasteiger partial charge is 0.263 e. The number of aromatic nitrogens is 1. The van der Waals surface area contributed by atoms with Crippen molar-refractivity contribution in [3.63, 3.8) is 0 Å². The van der Waals surface area contributed by atoms with Crippen LogP contribution in [0.4, 0.5) is 8.78 Å². The quantitative estimate of drug-likeness (QED) is 0.808.